The maximum absolute atomic E-state index is 14.0. The fourth-order valence-corrected chi connectivity index (χ4v) is 2.85. The molecule has 0 aromatic heterocycles. The van der Waals surface area contributed by atoms with Crippen LogP contribution < -0.4 is 0 Å². The van der Waals surface area contributed by atoms with Gasteiger partial charge in [0.15, 0.2) is 0 Å². The van der Waals surface area contributed by atoms with Gasteiger partial charge < -0.3 is 4.90 Å². The quantitative estimate of drug-likeness (QED) is 0.422. The predicted molar refractivity (Wildman–Crippen MR) is 97.1 cm³/mol. The zero-order chi connectivity index (χ0) is 18.7. The van der Waals surface area contributed by atoms with Crippen LogP contribution in [-0.4, -0.2) is 21.8 Å². The van der Waals surface area contributed by atoms with Crippen LogP contribution in [0.5, 0.6) is 0 Å². The van der Waals surface area contributed by atoms with Crippen molar-refractivity contribution in [3.8, 4) is 0 Å². The molecule has 2 aromatic carbocycles. The Labute approximate surface area is 154 Å². The molecule has 0 N–H and O–H groups in total. The van der Waals surface area contributed by atoms with Gasteiger partial charge in [-0.05, 0) is 36.6 Å². The summed E-state index contributed by atoms with van der Waals surface area (Å²) in [6, 6.07) is 10.5. The summed E-state index contributed by atoms with van der Waals surface area (Å²) in [5, 5.41) is 11.1. The number of hydrogen-bond acceptors (Lipinski definition) is 3. The van der Waals surface area contributed by atoms with Gasteiger partial charge in [0.2, 0.25) is 5.91 Å². The number of rotatable bonds is 6. The molecule has 0 atom stereocenters. The summed E-state index contributed by atoms with van der Waals surface area (Å²) in [5.41, 5.74) is 0.794. The van der Waals surface area contributed by atoms with Crippen molar-refractivity contribution >= 4 is 29.3 Å². The van der Waals surface area contributed by atoms with Crippen molar-refractivity contribution in [2.45, 2.75) is 25.4 Å². The van der Waals surface area contributed by atoms with Crippen LogP contribution in [-0.2, 0) is 11.3 Å². The van der Waals surface area contributed by atoms with Crippen molar-refractivity contribution in [2.75, 3.05) is 0 Å². The van der Waals surface area contributed by atoms with Gasteiger partial charge >= 0.3 is 0 Å². The number of carbonyl (C=O) groups is 1. The van der Waals surface area contributed by atoms with Crippen LogP contribution in [0.4, 0.5) is 10.1 Å². The number of halogens is 2. The zero-order valence-electron chi connectivity index (χ0n) is 13.8. The maximum atomic E-state index is 14.0. The predicted octanol–water partition coefficient (Wildman–Crippen LogP) is 4.59. The third-order valence-corrected chi connectivity index (χ3v) is 4.51. The normalized spacial score (nSPS) is 13.8. The summed E-state index contributed by atoms with van der Waals surface area (Å²) >= 11 is 6.06. The highest BCUT2D eigenvalue weighted by Gasteiger charge is 2.32. The van der Waals surface area contributed by atoms with Crippen molar-refractivity contribution in [3.63, 3.8) is 0 Å². The van der Waals surface area contributed by atoms with Crippen molar-refractivity contribution in [2.24, 2.45) is 0 Å². The van der Waals surface area contributed by atoms with Crippen molar-refractivity contribution in [3.05, 3.63) is 80.6 Å². The highest BCUT2D eigenvalue weighted by Crippen LogP contribution is 2.31. The Morgan fingerprint density at radius 3 is 2.69 bits per heavy atom. The third-order valence-electron chi connectivity index (χ3n) is 4.16. The molecule has 7 heteroatoms. The van der Waals surface area contributed by atoms with E-state index in [2.05, 4.69) is 0 Å². The Morgan fingerprint density at radius 1 is 1.31 bits per heavy atom. The summed E-state index contributed by atoms with van der Waals surface area (Å²) < 4.78 is 14.0. The number of non-ortho nitro benzene ring substituents is 1. The lowest BCUT2D eigenvalue weighted by Gasteiger charge is -2.22. The molecule has 1 amide bonds. The molecular weight excluding hydrogens is 359 g/mol. The van der Waals surface area contributed by atoms with Crippen LogP contribution in [0.1, 0.15) is 24.0 Å². The first-order chi connectivity index (χ1) is 12.5. The first-order valence-electron chi connectivity index (χ1n) is 8.11. The van der Waals surface area contributed by atoms with Gasteiger partial charge in [-0.2, -0.15) is 0 Å². The third kappa shape index (κ3) is 4.26. The van der Waals surface area contributed by atoms with Gasteiger partial charge in [-0.15, -0.1) is 0 Å². The lowest BCUT2D eigenvalue weighted by molar-refractivity contribution is -0.384. The molecule has 1 aliphatic rings. The number of amides is 1. The molecule has 0 heterocycles. The van der Waals surface area contributed by atoms with Crippen LogP contribution in [0.25, 0.3) is 6.08 Å². The average Bonchev–Trinajstić information content (AvgIpc) is 3.44. The molecule has 2 aromatic rings. The Balaban J connectivity index is 1.77. The molecule has 0 aliphatic heterocycles. The standard InChI is InChI=1S/C19H16ClFN2O3/c20-17-5-2-6-18(21)16(17)12-22(14-8-9-14)19(24)10-7-13-3-1-4-15(11-13)23(25)26/h1-7,10-11,14H,8-9,12H2/b10-7+. The fourth-order valence-electron chi connectivity index (χ4n) is 2.63. The number of hydrogen-bond donors (Lipinski definition) is 0. The molecular formula is C19H16ClFN2O3. The number of carbonyl (C=O) groups excluding carboxylic acids is 1. The smallest absolute Gasteiger partial charge is 0.270 e. The number of benzene rings is 2. The fraction of sp³-hybridized carbons (Fsp3) is 0.211. The minimum Gasteiger partial charge on any atom is -0.332 e. The lowest BCUT2D eigenvalue weighted by Crippen LogP contribution is -2.31. The Hall–Kier alpha value is -2.73. The van der Waals surface area contributed by atoms with Gasteiger partial charge in [0, 0.05) is 34.8 Å². The van der Waals surface area contributed by atoms with Crippen LogP contribution in [0.2, 0.25) is 5.02 Å². The topological polar surface area (TPSA) is 63.4 Å². The Bertz CT molecular complexity index is 861. The van der Waals surface area contributed by atoms with Crippen LogP contribution in [0.3, 0.4) is 0 Å². The highest BCUT2D eigenvalue weighted by molar-refractivity contribution is 6.31. The Morgan fingerprint density at radius 2 is 2.04 bits per heavy atom. The van der Waals surface area contributed by atoms with E-state index in [1.54, 1.807) is 23.1 Å². The molecule has 0 bridgehead atoms. The average molecular weight is 375 g/mol. The summed E-state index contributed by atoms with van der Waals surface area (Å²) in [6.07, 6.45) is 4.60. The SMILES string of the molecule is O=C(/C=C/c1cccc([N+](=O)[O-])c1)N(Cc1c(F)cccc1Cl)C1CC1. The van der Waals surface area contributed by atoms with Gasteiger partial charge in [-0.25, -0.2) is 4.39 Å². The molecule has 134 valence electrons. The lowest BCUT2D eigenvalue weighted by atomic mass is 10.1. The molecule has 1 aliphatic carbocycles. The van der Waals surface area contributed by atoms with Crippen LogP contribution in [0.15, 0.2) is 48.5 Å². The van der Waals surface area contributed by atoms with Crippen LogP contribution in [0, 0.1) is 15.9 Å². The van der Waals surface area contributed by atoms with E-state index in [-0.39, 0.29) is 34.8 Å². The minimum atomic E-state index is -0.490. The number of nitro groups is 1. The van der Waals surface area contributed by atoms with E-state index in [1.807, 2.05) is 0 Å². The molecule has 0 radical (unpaired) electrons. The molecule has 0 saturated heterocycles. The van der Waals surface area contributed by atoms with Crippen LogP contribution >= 0.6 is 11.6 Å². The molecule has 3 rings (SSSR count). The maximum Gasteiger partial charge on any atom is 0.270 e. The van der Waals surface area contributed by atoms with E-state index in [4.69, 9.17) is 11.6 Å². The highest BCUT2D eigenvalue weighted by atomic mass is 35.5. The van der Waals surface area contributed by atoms with Gasteiger partial charge in [0.1, 0.15) is 5.82 Å². The van der Waals surface area contributed by atoms with E-state index in [9.17, 15) is 19.3 Å². The second-order valence-electron chi connectivity index (χ2n) is 6.08. The van der Waals surface area contributed by atoms with Crippen molar-refractivity contribution < 1.29 is 14.1 Å². The van der Waals surface area contributed by atoms with E-state index in [0.29, 0.717) is 5.56 Å². The zero-order valence-corrected chi connectivity index (χ0v) is 14.5. The molecule has 1 saturated carbocycles. The number of nitro benzene ring substituents is 1. The first kappa shape index (κ1) is 18.1. The summed E-state index contributed by atoms with van der Waals surface area (Å²) in [5.74, 6) is -0.725. The van der Waals surface area contributed by atoms with Gasteiger partial charge in [-0.1, -0.05) is 29.8 Å². The second kappa shape index (κ2) is 7.66. The summed E-state index contributed by atoms with van der Waals surface area (Å²) in [7, 11) is 0. The Kier molecular flexibility index (Phi) is 5.32. The number of nitrogens with zero attached hydrogens (tertiary/aromatic N) is 2. The van der Waals surface area contributed by atoms with Crippen molar-refractivity contribution in [1.29, 1.82) is 0 Å². The largest absolute Gasteiger partial charge is 0.332 e. The molecule has 1 fully saturated rings. The minimum absolute atomic E-state index is 0.0446. The van der Waals surface area contributed by atoms with E-state index >= 15 is 0 Å². The van der Waals surface area contributed by atoms with E-state index in [0.717, 1.165) is 12.8 Å². The molecule has 5 nitrogen and oxygen atoms in total. The van der Waals surface area contributed by atoms with E-state index in [1.165, 1.54) is 36.4 Å². The summed E-state index contributed by atoms with van der Waals surface area (Å²) in [4.78, 5) is 24.5. The first-order valence-corrected chi connectivity index (χ1v) is 8.49. The van der Waals surface area contributed by atoms with Gasteiger partial charge in [0.05, 0.1) is 11.5 Å². The van der Waals surface area contributed by atoms with Gasteiger partial charge in [0.25, 0.3) is 5.69 Å². The molecule has 0 unspecified atom stereocenters. The van der Waals surface area contributed by atoms with E-state index < -0.39 is 10.7 Å². The van der Waals surface area contributed by atoms with Gasteiger partial charge in [-0.3, -0.25) is 14.9 Å². The van der Waals surface area contributed by atoms with Crippen molar-refractivity contribution in [1.82, 2.24) is 4.90 Å². The molecule has 0 spiro atoms. The molecule has 26 heavy (non-hydrogen) atoms. The summed E-state index contributed by atoms with van der Waals surface area (Å²) in [6.45, 7) is 0.0916. The second-order valence-corrected chi connectivity index (χ2v) is 6.49. The monoisotopic (exact) mass is 374 g/mol.